The van der Waals surface area contributed by atoms with Gasteiger partial charge in [0.25, 0.3) is 0 Å². The van der Waals surface area contributed by atoms with Crippen molar-refractivity contribution in [2.24, 2.45) is 0 Å². The highest BCUT2D eigenvalue weighted by atomic mass is 32.1. The van der Waals surface area contributed by atoms with E-state index >= 15 is 0 Å². The fraction of sp³-hybridized carbons (Fsp3) is 0.419. The Bertz CT molecular complexity index is 1060. The highest BCUT2D eigenvalue weighted by molar-refractivity contribution is 7.07. The molecule has 196 valence electrons. The van der Waals surface area contributed by atoms with Gasteiger partial charge in [0.2, 0.25) is 0 Å². The maximum absolute atomic E-state index is 12.3. The van der Waals surface area contributed by atoms with Crippen LogP contribution in [0.4, 0.5) is 0 Å². The Morgan fingerprint density at radius 1 is 0.730 bits per heavy atom. The third-order valence-electron chi connectivity index (χ3n) is 6.08. The van der Waals surface area contributed by atoms with Gasteiger partial charge in [0, 0.05) is 6.61 Å². The summed E-state index contributed by atoms with van der Waals surface area (Å²) < 4.78 is 16.9. The summed E-state index contributed by atoms with van der Waals surface area (Å²) in [7, 11) is 0. The van der Waals surface area contributed by atoms with Crippen LogP contribution < -0.4 is 9.47 Å². The van der Waals surface area contributed by atoms with Crippen LogP contribution in [0.3, 0.4) is 0 Å². The van der Waals surface area contributed by atoms with E-state index in [0.29, 0.717) is 23.5 Å². The van der Waals surface area contributed by atoms with Crippen molar-refractivity contribution in [3.63, 3.8) is 0 Å². The number of carbonyl (C=O) groups is 1. The number of nitriles is 1. The van der Waals surface area contributed by atoms with Crippen molar-refractivity contribution in [2.75, 3.05) is 13.2 Å². The van der Waals surface area contributed by atoms with Gasteiger partial charge in [0.05, 0.1) is 30.4 Å². The molecule has 0 amide bonds. The average Bonchev–Trinajstić information content (AvgIpc) is 3.45. The fourth-order valence-corrected chi connectivity index (χ4v) is 4.58. The zero-order chi connectivity index (χ0) is 26.0. The van der Waals surface area contributed by atoms with Gasteiger partial charge in [-0.3, -0.25) is 0 Å². The molecule has 0 spiro atoms. The van der Waals surface area contributed by atoms with Crippen molar-refractivity contribution in [2.45, 2.75) is 70.8 Å². The molecule has 3 aromatic rings. The summed E-state index contributed by atoms with van der Waals surface area (Å²) in [5.74, 6) is 0.734. The van der Waals surface area contributed by atoms with Crippen molar-refractivity contribution >= 4 is 17.3 Å². The molecule has 0 atom stereocenters. The Kier molecular flexibility index (Phi) is 13.3. The van der Waals surface area contributed by atoms with E-state index in [9.17, 15) is 4.79 Å². The second-order valence-electron chi connectivity index (χ2n) is 9.12. The molecule has 1 heterocycles. The molecule has 1 aromatic heterocycles. The summed E-state index contributed by atoms with van der Waals surface area (Å²) in [6.45, 7) is 2.30. The summed E-state index contributed by atoms with van der Waals surface area (Å²) in [6.07, 6.45) is 12.5. The van der Waals surface area contributed by atoms with Crippen molar-refractivity contribution in [3.05, 3.63) is 82.0 Å². The molecule has 3 rings (SSSR count). The van der Waals surface area contributed by atoms with E-state index in [1.165, 1.54) is 56.9 Å². The van der Waals surface area contributed by atoms with Crippen LogP contribution in [0.15, 0.2) is 65.4 Å². The first-order chi connectivity index (χ1) is 18.2. The van der Waals surface area contributed by atoms with Crippen molar-refractivity contribution in [3.8, 4) is 17.6 Å². The van der Waals surface area contributed by atoms with Crippen LogP contribution in [0.2, 0.25) is 0 Å². The Morgan fingerprint density at radius 2 is 1.32 bits per heavy atom. The van der Waals surface area contributed by atoms with E-state index in [0.717, 1.165) is 31.8 Å². The minimum Gasteiger partial charge on any atom is -0.494 e. The number of esters is 1. The van der Waals surface area contributed by atoms with E-state index in [1.807, 2.05) is 6.07 Å². The molecule has 0 aliphatic heterocycles. The second-order valence-corrected chi connectivity index (χ2v) is 9.90. The Balaban J connectivity index is 1.13. The first-order valence-electron chi connectivity index (χ1n) is 13.3. The topological polar surface area (TPSA) is 68.5 Å². The standard InChI is InChI=1S/C31H37NO4S/c32-23-26-11-15-30(16-12-26)36-31(33)28-13-17-29(18-14-28)35-21-10-8-6-4-2-1-3-5-7-9-20-34-24-27-19-22-37-25-27/h11-19,22,25H,1-10,20-21,24H2. The molecule has 0 aliphatic rings. The van der Waals surface area contributed by atoms with Crippen molar-refractivity contribution in [1.29, 1.82) is 5.26 Å². The molecule has 6 heteroatoms. The van der Waals surface area contributed by atoms with Crippen LogP contribution in [0, 0.1) is 11.3 Å². The van der Waals surface area contributed by atoms with Gasteiger partial charge in [-0.2, -0.15) is 16.6 Å². The van der Waals surface area contributed by atoms with Gasteiger partial charge in [0.1, 0.15) is 11.5 Å². The minimum absolute atomic E-state index is 0.412. The lowest BCUT2D eigenvalue weighted by Crippen LogP contribution is -2.08. The maximum Gasteiger partial charge on any atom is 0.343 e. The minimum atomic E-state index is -0.435. The molecule has 0 bridgehead atoms. The molecule has 0 aliphatic carbocycles. The number of rotatable bonds is 18. The number of unbranched alkanes of at least 4 members (excludes halogenated alkanes) is 9. The van der Waals surface area contributed by atoms with Gasteiger partial charge < -0.3 is 14.2 Å². The number of thiophene rings is 1. The molecular weight excluding hydrogens is 482 g/mol. The van der Waals surface area contributed by atoms with Crippen LogP contribution in [-0.2, 0) is 11.3 Å². The summed E-state index contributed by atoms with van der Waals surface area (Å²) in [4.78, 5) is 12.3. The van der Waals surface area contributed by atoms with Gasteiger partial charge in [-0.05, 0) is 83.8 Å². The molecular formula is C31H37NO4S. The fourth-order valence-electron chi connectivity index (χ4n) is 3.93. The first kappa shape index (κ1) is 28.4. The zero-order valence-electron chi connectivity index (χ0n) is 21.5. The number of carbonyl (C=O) groups excluding carboxylic acids is 1. The van der Waals surface area contributed by atoms with Gasteiger partial charge in [-0.25, -0.2) is 4.79 Å². The molecule has 2 aromatic carbocycles. The molecule has 37 heavy (non-hydrogen) atoms. The second kappa shape index (κ2) is 17.3. The number of benzene rings is 2. The number of hydrogen-bond acceptors (Lipinski definition) is 6. The predicted octanol–water partition coefficient (Wildman–Crippen LogP) is 8.34. The lowest BCUT2D eigenvalue weighted by Gasteiger charge is -2.08. The highest BCUT2D eigenvalue weighted by Crippen LogP contribution is 2.17. The Hall–Kier alpha value is -3.14. The summed E-state index contributed by atoms with van der Waals surface area (Å²) in [5, 5.41) is 13.1. The first-order valence-corrected chi connectivity index (χ1v) is 14.2. The van der Waals surface area contributed by atoms with Crippen molar-refractivity contribution < 1.29 is 19.0 Å². The average molecular weight is 520 g/mol. The number of nitrogens with zero attached hydrogens (tertiary/aromatic N) is 1. The Labute approximate surface area is 225 Å². The van der Waals surface area contributed by atoms with Crippen LogP contribution in [0.5, 0.6) is 11.5 Å². The largest absolute Gasteiger partial charge is 0.494 e. The lowest BCUT2D eigenvalue weighted by atomic mass is 10.1. The third-order valence-corrected chi connectivity index (χ3v) is 6.82. The van der Waals surface area contributed by atoms with Crippen LogP contribution >= 0.6 is 11.3 Å². The predicted molar refractivity (Wildman–Crippen MR) is 148 cm³/mol. The maximum atomic E-state index is 12.3. The van der Waals surface area contributed by atoms with Crippen LogP contribution in [0.1, 0.15) is 85.7 Å². The molecule has 0 unspecified atom stereocenters. The van der Waals surface area contributed by atoms with E-state index in [-0.39, 0.29) is 0 Å². The summed E-state index contributed by atoms with van der Waals surface area (Å²) >= 11 is 1.72. The van der Waals surface area contributed by atoms with E-state index in [2.05, 4.69) is 16.8 Å². The van der Waals surface area contributed by atoms with E-state index in [1.54, 1.807) is 59.9 Å². The molecule has 0 saturated heterocycles. The molecule has 0 fully saturated rings. The van der Waals surface area contributed by atoms with Gasteiger partial charge in [-0.15, -0.1) is 0 Å². The molecule has 0 saturated carbocycles. The molecule has 5 nitrogen and oxygen atoms in total. The quantitative estimate of drug-likeness (QED) is 0.0960. The summed E-state index contributed by atoms with van der Waals surface area (Å²) in [6, 6.07) is 17.6. The number of ether oxygens (including phenoxy) is 3. The van der Waals surface area contributed by atoms with Gasteiger partial charge in [0.15, 0.2) is 0 Å². The smallest absolute Gasteiger partial charge is 0.343 e. The van der Waals surface area contributed by atoms with Gasteiger partial charge >= 0.3 is 5.97 Å². The monoisotopic (exact) mass is 519 g/mol. The van der Waals surface area contributed by atoms with E-state index in [4.69, 9.17) is 19.5 Å². The number of hydrogen-bond donors (Lipinski definition) is 0. The van der Waals surface area contributed by atoms with Gasteiger partial charge in [-0.1, -0.05) is 51.4 Å². The highest BCUT2D eigenvalue weighted by Gasteiger charge is 2.09. The third kappa shape index (κ3) is 11.6. The van der Waals surface area contributed by atoms with Crippen molar-refractivity contribution in [1.82, 2.24) is 0 Å². The molecule has 0 N–H and O–H groups in total. The molecule has 0 radical (unpaired) electrons. The normalized spacial score (nSPS) is 10.7. The zero-order valence-corrected chi connectivity index (χ0v) is 22.3. The summed E-state index contributed by atoms with van der Waals surface area (Å²) in [5.41, 5.74) is 2.26. The van der Waals surface area contributed by atoms with Crippen LogP contribution in [0.25, 0.3) is 0 Å². The Morgan fingerprint density at radius 3 is 1.92 bits per heavy atom. The SMILES string of the molecule is N#Cc1ccc(OC(=O)c2ccc(OCCCCCCCCCCCCOCc3ccsc3)cc2)cc1. The van der Waals surface area contributed by atoms with Crippen LogP contribution in [-0.4, -0.2) is 19.2 Å². The lowest BCUT2D eigenvalue weighted by molar-refractivity contribution is 0.0734. The van der Waals surface area contributed by atoms with E-state index < -0.39 is 5.97 Å².